The molecule has 0 saturated heterocycles. The first kappa shape index (κ1) is 14.1. The zero-order chi connectivity index (χ0) is 14.5. The second-order valence-electron chi connectivity index (χ2n) is 4.13. The fraction of sp³-hybridized carbons (Fsp3) is 0.0667. The van der Waals surface area contributed by atoms with Crippen molar-refractivity contribution in [3.05, 3.63) is 64.4 Å². The van der Waals surface area contributed by atoms with E-state index < -0.39 is 0 Å². The molecule has 0 aliphatic carbocycles. The van der Waals surface area contributed by atoms with Gasteiger partial charge in [0.05, 0.1) is 17.0 Å². The number of nitrogens with one attached hydrogen (secondary N) is 1. The zero-order valence-corrected chi connectivity index (χ0v) is 11.7. The number of nitrogens with zero attached hydrogens (tertiary/aromatic N) is 1. The van der Waals surface area contributed by atoms with Crippen LogP contribution in [0.15, 0.2) is 42.6 Å². The Bertz CT molecular complexity index is 650. The summed E-state index contributed by atoms with van der Waals surface area (Å²) in [7, 11) is 1.57. The number of aromatic nitrogens is 1. The Hall–Kier alpha value is -2.33. The van der Waals surface area contributed by atoms with E-state index in [-0.39, 0.29) is 5.91 Å². The van der Waals surface area contributed by atoms with Crippen molar-refractivity contribution in [1.29, 1.82) is 0 Å². The highest BCUT2D eigenvalue weighted by molar-refractivity contribution is 6.30. The Balaban J connectivity index is 2.40. The molecule has 4 nitrogen and oxygen atoms in total. The van der Waals surface area contributed by atoms with Gasteiger partial charge in [-0.05, 0) is 35.9 Å². The van der Waals surface area contributed by atoms with Crippen molar-refractivity contribution in [3.8, 4) is 0 Å². The second-order valence-corrected chi connectivity index (χ2v) is 4.57. The maximum absolute atomic E-state index is 11.8. The summed E-state index contributed by atoms with van der Waals surface area (Å²) < 4.78 is 0. The van der Waals surface area contributed by atoms with Crippen LogP contribution >= 0.6 is 11.6 Å². The number of carbonyl (C=O) groups excluding carboxylic acids is 1. The summed E-state index contributed by atoms with van der Waals surface area (Å²) in [5, 5.41) is 3.23. The van der Waals surface area contributed by atoms with E-state index in [1.807, 2.05) is 12.1 Å². The number of halogens is 1. The predicted octanol–water partition coefficient (Wildman–Crippen LogP) is 2.55. The van der Waals surface area contributed by atoms with Gasteiger partial charge < -0.3 is 11.1 Å². The Kier molecular flexibility index (Phi) is 4.38. The molecule has 2 rings (SSSR count). The fourth-order valence-corrected chi connectivity index (χ4v) is 1.89. The molecule has 0 aliphatic heterocycles. The molecule has 0 spiro atoms. The Morgan fingerprint density at radius 1 is 1.30 bits per heavy atom. The van der Waals surface area contributed by atoms with Crippen molar-refractivity contribution in [2.24, 2.45) is 5.73 Å². The molecule has 5 heteroatoms. The molecule has 1 aromatic heterocycles. The summed E-state index contributed by atoms with van der Waals surface area (Å²) in [6.45, 7) is 0. The van der Waals surface area contributed by atoms with Gasteiger partial charge in [0.2, 0.25) is 0 Å². The number of amides is 1. The standard InChI is InChI=1S/C15H14ClN3O/c1-18-15(20)12-3-2-8-19-14(12)13(17)9-10-4-6-11(16)7-5-10/h2-9H,17H2,1H3,(H,18,20). The SMILES string of the molecule is CNC(=O)c1cccnc1C(N)=Cc1ccc(Cl)cc1. The number of hydrogen-bond acceptors (Lipinski definition) is 3. The van der Waals surface area contributed by atoms with Gasteiger partial charge in [-0.1, -0.05) is 23.7 Å². The minimum absolute atomic E-state index is 0.222. The molecule has 0 bridgehead atoms. The first-order valence-corrected chi connectivity index (χ1v) is 6.40. The van der Waals surface area contributed by atoms with Gasteiger partial charge in [-0.25, -0.2) is 0 Å². The minimum atomic E-state index is -0.222. The van der Waals surface area contributed by atoms with E-state index in [9.17, 15) is 4.79 Å². The second kappa shape index (κ2) is 6.21. The molecule has 20 heavy (non-hydrogen) atoms. The summed E-state index contributed by atoms with van der Waals surface area (Å²) in [5.74, 6) is -0.222. The molecule has 1 amide bonds. The lowest BCUT2D eigenvalue weighted by Crippen LogP contribution is -2.20. The maximum atomic E-state index is 11.8. The summed E-state index contributed by atoms with van der Waals surface area (Å²) in [6, 6.07) is 10.6. The van der Waals surface area contributed by atoms with Gasteiger partial charge in [-0.15, -0.1) is 0 Å². The summed E-state index contributed by atoms with van der Waals surface area (Å²) in [6.07, 6.45) is 3.36. The zero-order valence-electron chi connectivity index (χ0n) is 10.9. The molecule has 0 saturated carbocycles. The van der Waals surface area contributed by atoms with Gasteiger partial charge in [-0.3, -0.25) is 9.78 Å². The van der Waals surface area contributed by atoms with Crippen molar-refractivity contribution in [1.82, 2.24) is 10.3 Å². The Morgan fingerprint density at radius 3 is 2.65 bits per heavy atom. The van der Waals surface area contributed by atoms with Crippen LogP contribution in [-0.2, 0) is 0 Å². The fourth-order valence-electron chi connectivity index (χ4n) is 1.76. The number of hydrogen-bond donors (Lipinski definition) is 2. The first-order valence-electron chi connectivity index (χ1n) is 6.02. The van der Waals surface area contributed by atoms with Crippen LogP contribution in [0.3, 0.4) is 0 Å². The van der Waals surface area contributed by atoms with Crippen molar-refractivity contribution in [2.45, 2.75) is 0 Å². The van der Waals surface area contributed by atoms with Crippen LogP contribution < -0.4 is 11.1 Å². The van der Waals surface area contributed by atoms with Gasteiger partial charge in [0.25, 0.3) is 5.91 Å². The number of rotatable bonds is 3. The van der Waals surface area contributed by atoms with Crippen LogP contribution in [0.5, 0.6) is 0 Å². The lowest BCUT2D eigenvalue weighted by Gasteiger charge is -2.07. The predicted molar refractivity (Wildman–Crippen MR) is 81.1 cm³/mol. The van der Waals surface area contributed by atoms with E-state index >= 15 is 0 Å². The molecule has 0 radical (unpaired) electrons. The van der Waals surface area contributed by atoms with Crippen LogP contribution in [-0.4, -0.2) is 17.9 Å². The highest BCUT2D eigenvalue weighted by Gasteiger charge is 2.12. The molecule has 2 aromatic rings. The first-order chi connectivity index (χ1) is 9.61. The largest absolute Gasteiger partial charge is 0.397 e. The topological polar surface area (TPSA) is 68.0 Å². The third-order valence-corrected chi connectivity index (χ3v) is 3.00. The molecule has 0 atom stereocenters. The smallest absolute Gasteiger partial charge is 0.253 e. The quantitative estimate of drug-likeness (QED) is 0.911. The van der Waals surface area contributed by atoms with Gasteiger partial charge in [0.15, 0.2) is 0 Å². The van der Waals surface area contributed by atoms with E-state index in [0.717, 1.165) is 5.56 Å². The molecule has 0 fully saturated rings. The highest BCUT2D eigenvalue weighted by atomic mass is 35.5. The molecule has 0 unspecified atom stereocenters. The molecule has 0 aliphatic rings. The number of pyridine rings is 1. The van der Waals surface area contributed by atoms with Gasteiger partial charge >= 0.3 is 0 Å². The summed E-state index contributed by atoms with van der Waals surface area (Å²) in [4.78, 5) is 16.0. The van der Waals surface area contributed by atoms with Crippen LogP contribution in [0.4, 0.5) is 0 Å². The molecule has 102 valence electrons. The Morgan fingerprint density at radius 2 is 2.00 bits per heavy atom. The lowest BCUT2D eigenvalue weighted by atomic mass is 10.1. The summed E-state index contributed by atoms with van der Waals surface area (Å²) in [5.41, 5.74) is 8.26. The van der Waals surface area contributed by atoms with Gasteiger partial charge in [0.1, 0.15) is 0 Å². The number of benzene rings is 1. The van der Waals surface area contributed by atoms with E-state index in [4.69, 9.17) is 17.3 Å². The third kappa shape index (κ3) is 3.16. The van der Waals surface area contributed by atoms with E-state index in [1.54, 1.807) is 43.6 Å². The van der Waals surface area contributed by atoms with E-state index in [1.165, 1.54) is 0 Å². The summed E-state index contributed by atoms with van der Waals surface area (Å²) >= 11 is 5.83. The average molecular weight is 288 g/mol. The molecular formula is C15H14ClN3O. The van der Waals surface area contributed by atoms with Crippen molar-refractivity contribution < 1.29 is 4.79 Å². The van der Waals surface area contributed by atoms with E-state index in [2.05, 4.69) is 10.3 Å². The van der Waals surface area contributed by atoms with Gasteiger partial charge in [0, 0.05) is 18.3 Å². The van der Waals surface area contributed by atoms with Crippen LogP contribution in [0.2, 0.25) is 5.02 Å². The minimum Gasteiger partial charge on any atom is -0.397 e. The van der Waals surface area contributed by atoms with Crippen LogP contribution in [0.1, 0.15) is 21.6 Å². The average Bonchev–Trinajstić information content (AvgIpc) is 2.48. The molecule has 1 heterocycles. The maximum Gasteiger partial charge on any atom is 0.253 e. The van der Waals surface area contributed by atoms with Crippen molar-refractivity contribution in [3.63, 3.8) is 0 Å². The van der Waals surface area contributed by atoms with Crippen molar-refractivity contribution >= 4 is 29.3 Å². The van der Waals surface area contributed by atoms with Crippen LogP contribution in [0.25, 0.3) is 11.8 Å². The highest BCUT2D eigenvalue weighted by Crippen LogP contribution is 2.17. The third-order valence-electron chi connectivity index (χ3n) is 2.75. The van der Waals surface area contributed by atoms with Gasteiger partial charge in [-0.2, -0.15) is 0 Å². The Labute approximate surface area is 122 Å². The molecule has 3 N–H and O–H groups in total. The lowest BCUT2D eigenvalue weighted by molar-refractivity contribution is 0.0962. The number of carbonyl (C=O) groups is 1. The molecular weight excluding hydrogens is 274 g/mol. The normalized spacial score (nSPS) is 11.2. The van der Waals surface area contributed by atoms with E-state index in [0.29, 0.717) is 22.0 Å². The van der Waals surface area contributed by atoms with Crippen LogP contribution in [0, 0.1) is 0 Å². The molecule has 1 aromatic carbocycles. The monoisotopic (exact) mass is 287 g/mol. The van der Waals surface area contributed by atoms with Crippen molar-refractivity contribution in [2.75, 3.05) is 7.05 Å². The number of nitrogens with two attached hydrogens (primary N) is 1.